The number of rotatable bonds is 6. The largest absolute Gasteiger partial charge is 0.306 e. The predicted molar refractivity (Wildman–Crippen MR) is 79.9 cm³/mol. The maximum absolute atomic E-state index is 12.9. The molecule has 1 heterocycles. The van der Waals surface area contributed by atoms with Gasteiger partial charge < -0.3 is 5.32 Å². The average Bonchev–Trinajstić information content (AvgIpc) is 2.48. The highest BCUT2D eigenvalue weighted by Gasteiger charge is 2.14. The van der Waals surface area contributed by atoms with Crippen LogP contribution in [0, 0.1) is 11.6 Å². The lowest BCUT2D eigenvalue weighted by atomic mass is 10.0. The molecular formula is C17H20F2N2. The Labute approximate surface area is 124 Å². The molecule has 0 fully saturated rings. The first-order valence-electron chi connectivity index (χ1n) is 7.20. The Morgan fingerprint density at radius 1 is 1.05 bits per heavy atom. The molecule has 2 aromatic rings. The number of nitrogens with one attached hydrogen (secondary N) is 1. The Morgan fingerprint density at radius 3 is 2.29 bits per heavy atom. The molecule has 0 aliphatic carbocycles. The molecule has 4 heteroatoms. The monoisotopic (exact) mass is 290 g/mol. The van der Waals surface area contributed by atoms with E-state index < -0.39 is 0 Å². The third-order valence-corrected chi connectivity index (χ3v) is 3.46. The normalized spacial score (nSPS) is 13.9. The van der Waals surface area contributed by atoms with Crippen LogP contribution in [0.5, 0.6) is 0 Å². The van der Waals surface area contributed by atoms with Gasteiger partial charge in [0.05, 0.1) is 11.9 Å². The number of aromatic nitrogens is 1. The Bertz CT molecular complexity index is 552. The van der Waals surface area contributed by atoms with Crippen molar-refractivity contribution >= 4 is 0 Å². The molecule has 112 valence electrons. The molecule has 0 aliphatic heterocycles. The van der Waals surface area contributed by atoms with Gasteiger partial charge in [-0.1, -0.05) is 19.1 Å². The fraction of sp³-hybridized carbons (Fsp3) is 0.353. The van der Waals surface area contributed by atoms with E-state index in [1.54, 1.807) is 18.2 Å². The number of halogens is 2. The highest BCUT2D eigenvalue weighted by atomic mass is 19.1. The van der Waals surface area contributed by atoms with Gasteiger partial charge in [0.2, 0.25) is 0 Å². The Kier molecular flexibility index (Phi) is 5.39. The highest BCUT2D eigenvalue weighted by Crippen LogP contribution is 2.16. The van der Waals surface area contributed by atoms with Crippen molar-refractivity contribution < 1.29 is 8.78 Å². The molecule has 2 atom stereocenters. The van der Waals surface area contributed by atoms with Gasteiger partial charge >= 0.3 is 0 Å². The lowest BCUT2D eigenvalue weighted by Gasteiger charge is -2.22. The van der Waals surface area contributed by atoms with Gasteiger partial charge in [0.1, 0.15) is 11.6 Å². The summed E-state index contributed by atoms with van der Waals surface area (Å²) in [6.07, 6.45) is 2.91. The summed E-state index contributed by atoms with van der Waals surface area (Å²) in [5.41, 5.74) is 1.92. The summed E-state index contributed by atoms with van der Waals surface area (Å²) in [6.45, 7) is 4.14. The molecule has 0 radical (unpaired) electrons. The van der Waals surface area contributed by atoms with Crippen molar-refractivity contribution in [1.82, 2.24) is 10.3 Å². The van der Waals surface area contributed by atoms with E-state index in [0.717, 1.165) is 24.1 Å². The molecule has 2 nitrogen and oxygen atoms in total. The summed E-state index contributed by atoms with van der Waals surface area (Å²) < 4.78 is 25.8. The summed E-state index contributed by atoms with van der Waals surface area (Å²) in [5, 5.41) is 3.49. The molecule has 2 rings (SSSR count). The second-order valence-electron chi connectivity index (χ2n) is 5.26. The number of hydrogen-bond donors (Lipinski definition) is 1. The van der Waals surface area contributed by atoms with Gasteiger partial charge in [-0.3, -0.25) is 4.98 Å². The van der Waals surface area contributed by atoms with Crippen molar-refractivity contribution in [2.24, 2.45) is 0 Å². The van der Waals surface area contributed by atoms with Crippen LogP contribution in [0.2, 0.25) is 0 Å². The van der Waals surface area contributed by atoms with E-state index in [1.807, 2.05) is 0 Å². The zero-order chi connectivity index (χ0) is 15.2. The first kappa shape index (κ1) is 15.6. The zero-order valence-electron chi connectivity index (χ0n) is 12.3. The van der Waals surface area contributed by atoms with E-state index in [9.17, 15) is 8.78 Å². The van der Waals surface area contributed by atoms with Crippen molar-refractivity contribution in [3.63, 3.8) is 0 Å². The fourth-order valence-corrected chi connectivity index (χ4v) is 2.38. The number of pyridine rings is 1. The molecule has 0 saturated heterocycles. The smallest absolute Gasteiger partial charge is 0.141 e. The summed E-state index contributed by atoms with van der Waals surface area (Å²) in [6, 6.07) is 9.98. The standard InChI is InChI=1S/C17H20F2N2/c1-3-16(17-9-8-15(19)11-20-17)21-12(2)10-13-4-6-14(18)7-5-13/h4-9,11-12,16,21H,3,10H2,1-2H3. The van der Waals surface area contributed by atoms with Crippen LogP contribution in [-0.4, -0.2) is 11.0 Å². The molecule has 1 aromatic heterocycles. The van der Waals surface area contributed by atoms with Crippen molar-refractivity contribution in [2.45, 2.75) is 38.8 Å². The van der Waals surface area contributed by atoms with Crippen LogP contribution < -0.4 is 5.32 Å². The second kappa shape index (κ2) is 7.27. The molecule has 0 bridgehead atoms. The Morgan fingerprint density at radius 2 is 1.71 bits per heavy atom. The van der Waals surface area contributed by atoms with E-state index in [0.29, 0.717) is 0 Å². The third kappa shape index (κ3) is 4.60. The first-order chi connectivity index (χ1) is 10.1. The lowest BCUT2D eigenvalue weighted by Crippen LogP contribution is -2.32. The van der Waals surface area contributed by atoms with Crippen molar-refractivity contribution in [3.8, 4) is 0 Å². The van der Waals surface area contributed by atoms with Gasteiger partial charge in [0.15, 0.2) is 0 Å². The highest BCUT2D eigenvalue weighted by molar-refractivity contribution is 5.17. The van der Waals surface area contributed by atoms with Crippen LogP contribution in [-0.2, 0) is 6.42 Å². The molecule has 0 spiro atoms. The third-order valence-electron chi connectivity index (χ3n) is 3.46. The molecule has 2 unspecified atom stereocenters. The number of hydrogen-bond acceptors (Lipinski definition) is 2. The van der Waals surface area contributed by atoms with Gasteiger partial charge in [0, 0.05) is 12.1 Å². The van der Waals surface area contributed by atoms with Crippen molar-refractivity contribution in [1.29, 1.82) is 0 Å². The van der Waals surface area contributed by atoms with E-state index in [2.05, 4.69) is 24.1 Å². The maximum Gasteiger partial charge on any atom is 0.141 e. The van der Waals surface area contributed by atoms with E-state index >= 15 is 0 Å². The lowest BCUT2D eigenvalue weighted by molar-refractivity contribution is 0.435. The van der Waals surface area contributed by atoms with Gasteiger partial charge in [-0.2, -0.15) is 0 Å². The minimum Gasteiger partial charge on any atom is -0.306 e. The minimum absolute atomic E-state index is 0.0843. The number of benzene rings is 1. The topological polar surface area (TPSA) is 24.9 Å². The minimum atomic E-state index is -0.326. The Balaban J connectivity index is 1.97. The van der Waals surface area contributed by atoms with Gasteiger partial charge in [-0.25, -0.2) is 8.78 Å². The average molecular weight is 290 g/mol. The summed E-state index contributed by atoms with van der Waals surface area (Å²) >= 11 is 0. The van der Waals surface area contributed by atoms with Gasteiger partial charge in [0.25, 0.3) is 0 Å². The van der Waals surface area contributed by atoms with Gasteiger partial charge in [-0.05, 0) is 49.6 Å². The van der Waals surface area contributed by atoms with Crippen LogP contribution in [0.25, 0.3) is 0 Å². The summed E-state index contributed by atoms with van der Waals surface area (Å²) in [7, 11) is 0. The van der Waals surface area contributed by atoms with E-state index in [-0.39, 0.29) is 23.7 Å². The van der Waals surface area contributed by atoms with Crippen LogP contribution in [0.15, 0.2) is 42.6 Å². The molecule has 0 saturated carbocycles. The Hall–Kier alpha value is -1.81. The van der Waals surface area contributed by atoms with Crippen LogP contribution in [0.4, 0.5) is 8.78 Å². The fourth-order valence-electron chi connectivity index (χ4n) is 2.38. The summed E-state index contributed by atoms with van der Waals surface area (Å²) in [4.78, 5) is 4.13. The van der Waals surface area contributed by atoms with E-state index in [4.69, 9.17) is 0 Å². The van der Waals surface area contributed by atoms with Crippen molar-refractivity contribution in [2.75, 3.05) is 0 Å². The van der Waals surface area contributed by atoms with Crippen LogP contribution >= 0.6 is 0 Å². The van der Waals surface area contributed by atoms with Crippen molar-refractivity contribution in [3.05, 3.63) is 65.5 Å². The maximum atomic E-state index is 12.9. The second-order valence-corrected chi connectivity index (χ2v) is 5.26. The molecule has 0 aliphatic rings. The molecular weight excluding hydrogens is 270 g/mol. The quantitative estimate of drug-likeness (QED) is 0.868. The number of nitrogens with zero attached hydrogens (tertiary/aromatic N) is 1. The molecule has 21 heavy (non-hydrogen) atoms. The first-order valence-corrected chi connectivity index (χ1v) is 7.20. The molecule has 0 amide bonds. The van der Waals surface area contributed by atoms with E-state index in [1.165, 1.54) is 24.4 Å². The predicted octanol–water partition coefficient (Wildman–Crippen LogP) is 4.03. The van der Waals surface area contributed by atoms with Crippen LogP contribution in [0.3, 0.4) is 0 Å². The zero-order valence-corrected chi connectivity index (χ0v) is 12.3. The molecule has 1 aromatic carbocycles. The van der Waals surface area contributed by atoms with Crippen LogP contribution in [0.1, 0.15) is 37.6 Å². The summed E-state index contributed by atoms with van der Waals surface area (Å²) in [5.74, 6) is -0.547. The molecule has 1 N–H and O–H groups in total. The SMILES string of the molecule is CCC(NC(C)Cc1ccc(F)cc1)c1ccc(F)cn1. The van der Waals surface area contributed by atoms with Gasteiger partial charge in [-0.15, -0.1) is 0 Å².